The van der Waals surface area contributed by atoms with Gasteiger partial charge in [0.25, 0.3) is 0 Å². The molecular weight excluding hydrogens is 395 g/mol. The van der Waals surface area contributed by atoms with Gasteiger partial charge in [-0.25, -0.2) is 10.0 Å². The van der Waals surface area contributed by atoms with Crippen LogP contribution in [0.25, 0.3) is 6.08 Å². The molecule has 0 amide bonds. The number of hydrazone groups is 1. The SMILES string of the molecule is CN(N=C(Cc1ccc(Cl)cc1)C(=O)C=Cc1ccc(Cl)cc1)C1=NCCN1. The molecule has 0 aliphatic carbocycles. The molecule has 1 aliphatic rings. The molecule has 144 valence electrons. The van der Waals surface area contributed by atoms with Crippen LogP contribution in [0.1, 0.15) is 11.1 Å². The van der Waals surface area contributed by atoms with E-state index >= 15 is 0 Å². The first-order chi connectivity index (χ1) is 13.5. The second-order valence-corrected chi connectivity index (χ2v) is 7.13. The smallest absolute Gasteiger partial charge is 0.214 e. The summed E-state index contributed by atoms with van der Waals surface area (Å²) < 4.78 is 0. The summed E-state index contributed by atoms with van der Waals surface area (Å²) in [5.74, 6) is 0.485. The lowest BCUT2D eigenvalue weighted by atomic mass is 10.0. The summed E-state index contributed by atoms with van der Waals surface area (Å²) in [6.07, 6.45) is 3.66. The highest BCUT2D eigenvalue weighted by molar-refractivity contribution is 6.45. The topological polar surface area (TPSA) is 57.1 Å². The second-order valence-electron chi connectivity index (χ2n) is 6.25. The minimum atomic E-state index is -0.171. The number of halogens is 2. The first kappa shape index (κ1) is 20.1. The van der Waals surface area contributed by atoms with E-state index in [2.05, 4.69) is 15.4 Å². The Kier molecular flexibility index (Phi) is 6.85. The molecule has 0 aromatic heterocycles. The third-order valence-corrected chi connectivity index (χ3v) is 4.60. The lowest BCUT2D eigenvalue weighted by Crippen LogP contribution is -2.34. The van der Waals surface area contributed by atoms with E-state index in [9.17, 15) is 4.79 Å². The van der Waals surface area contributed by atoms with Crippen molar-refractivity contribution >= 4 is 46.7 Å². The molecule has 0 atom stereocenters. The van der Waals surface area contributed by atoms with Gasteiger partial charge in [-0.1, -0.05) is 53.5 Å². The Hall–Kier alpha value is -2.63. The molecule has 0 spiro atoms. The number of hydrogen-bond donors (Lipinski definition) is 1. The maximum Gasteiger partial charge on any atom is 0.214 e. The molecule has 0 radical (unpaired) electrons. The van der Waals surface area contributed by atoms with Gasteiger partial charge < -0.3 is 5.32 Å². The Labute approximate surface area is 174 Å². The standard InChI is InChI=1S/C21H20Cl2N4O/c1-27(21-24-12-13-25-21)26-19(14-16-4-9-18(23)10-5-16)20(28)11-6-15-2-7-17(22)8-3-15/h2-11H,12-14H2,1H3,(H,24,25). The summed E-state index contributed by atoms with van der Waals surface area (Å²) in [4.78, 5) is 17.2. The van der Waals surface area contributed by atoms with E-state index in [-0.39, 0.29) is 5.78 Å². The van der Waals surface area contributed by atoms with Crippen molar-refractivity contribution in [3.8, 4) is 0 Å². The van der Waals surface area contributed by atoms with Gasteiger partial charge in [-0.05, 0) is 41.5 Å². The minimum Gasteiger partial charge on any atom is -0.353 e. The first-order valence-corrected chi connectivity index (χ1v) is 9.59. The van der Waals surface area contributed by atoms with Gasteiger partial charge >= 0.3 is 0 Å². The predicted molar refractivity (Wildman–Crippen MR) is 116 cm³/mol. The van der Waals surface area contributed by atoms with Crippen LogP contribution in [0.15, 0.2) is 64.7 Å². The van der Waals surface area contributed by atoms with Crippen molar-refractivity contribution in [1.82, 2.24) is 10.3 Å². The lowest BCUT2D eigenvalue weighted by molar-refractivity contribution is -0.109. The van der Waals surface area contributed by atoms with Crippen molar-refractivity contribution in [2.24, 2.45) is 10.1 Å². The highest BCUT2D eigenvalue weighted by atomic mass is 35.5. The first-order valence-electron chi connectivity index (χ1n) is 8.83. The molecule has 2 aromatic rings. The van der Waals surface area contributed by atoms with E-state index in [1.54, 1.807) is 42.4 Å². The molecular formula is C21H20Cl2N4O. The monoisotopic (exact) mass is 414 g/mol. The van der Waals surface area contributed by atoms with Gasteiger partial charge in [0.2, 0.25) is 11.7 Å². The molecule has 28 heavy (non-hydrogen) atoms. The number of hydrogen-bond acceptors (Lipinski definition) is 5. The Morgan fingerprint density at radius 1 is 1.14 bits per heavy atom. The fourth-order valence-corrected chi connectivity index (χ4v) is 2.89. The Morgan fingerprint density at radius 3 is 2.39 bits per heavy atom. The van der Waals surface area contributed by atoms with Crippen LogP contribution in [0.4, 0.5) is 0 Å². The van der Waals surface area contributed by atoms with Gasteiger partial charge in [0, 0.05) is 30.1 Å². The highest BCUT2D eigenvalue weighted by Gasteiger charge is 2.15. The van der Waals surface area contributed by atoms with Crippen LogP contribution in [0.2, 0.25) is 10.0 Å². The molecule has 0 bridgehead atoms. The summed E-state index contributed by atoms with van der Waals surface area (Å²) in [5, 5.41) is 10.6. The van der Waals surface area contributed by atoms with Crippen molar-refractivity contribution in [2.75, 3.05) is 20.1 Å². The number of guanidine groups is 1. The zero-order valence-corrected chi connectivity index (χ0v) is 16.9. The van der Waals surface area contributed by atoms with Gasteiger partial charge in [0.1, 0.15) is 5.71 Å². The van der Waals surface area contributed by atoms with Crippen molar-refractivity contribution in [2.45, 2.75) is 6.42 Å². The fourth-order valence-electron chi connectivity index (χ4n) is 2.64. The van der Waals surface area contributed by atoms with Crippen LogP contribution >= 0.6 is 23.2 Å². The number of nitrogens with one attached hydrogen (secondary N) is 1. The third-order valence-electron chi connectivity index (χ3n) is 4.10. The van der Waals surface area contributed by atoms with Crippen LogP contribution in [0.5, 0.6) is 0 Å². The Bertz CT molecular complexity index is 918. The fraction of sp³-hybridized carbons (Fsp3) is 0.190. The second kappa shape index (κ2) is 9.53. The molecule has 7 heteroatoms. The van der Waals surface area contributed by atoms with E-state index in [1.165, 1.54) is 6.08 Å². The maximum absolute atomic E-state index is 12.8. The van der Waals surface area contributed by atoms with Gasteiger partial charge in [-0.15, -0.1) is 0 Å². The normalized spacial score (nSPS) is 14.1. The molecule has 2 aromatic carbocycles. The maximum atomic E-state index is 12.8. The zero-order chi connectivity index (χ0) is 19.9. The van der Waals surface area contributed by atoms with E-state index in [0.717, 1.165) is 17.7 Å². The van der Waals surface area contributed by atoms with Crippen LogP contribution in [0.3, 0.4) is 0 Å². The van der Waals surface area contributed by atoms with Gasteiger partial charge in [0.15, 0.2) is 0 Å². The van der Waals surface area contributed by atoms with Crippen LogP contribution in [0, 0.1) is 0 Å². The number of nitrogens with zero attached hydrogens (tertiary/aromatic N) is 3. The molecule has 0 saturated carbocycles. The van der Waals surface area contributed by atoms with E-state index in [4.69, 9.17) is 23.2 Å². The number of ketones is 1. The van der Waals surface area contributed by atoms with Crippen LogP contribution < -0.4 is 5.32 Å². The number of benzene rings is 2. The number of rotatable bonds is 6. The third kappa shape index (κ3) is 5.68. The average molecular weight is 415 g/mol. The molecule has 0 unspecified atom stereocenters. The van der Waals surface area contributed by atoms with Gasteiger partial charge in [-0.3, -0.25) is 4.79 Å². The Balaban J connectivity index is 1.82. The number of aliphatic imine (C=N–C) groups is 1. The summed E-state index contributed by atoms with van der Waals surface area (Å²) in [7, 11) is 1.77. The summed E-state index contributed by atoms with van der Waals surface area (Å²) in [5.41, 5.74) is 2.25. The molecule has 1 N–H and O–H groups in total. The Morgan fingerprint density at radius 2 is 1.79 bits per heavy atom. The molecule has 1 heterocycles. The largest absolute Gasteiger partial charge is 0.353 e. The minimum absolute atomic E-state index is 0.171. The van der Waals surface area contributed by atoms with E-state index in [1.807, 2.05) is 24.3 Å². The van der Waals surface area contributed by atoms with Crippen LogP contribution in [-0.4, -0.2) is 42.6 Å². The molecule has 5 nitrogen and oxygen atoms in total. The lowest BCUT2D eigenvalue weighted by Gasteiger charge is -2.15. The summed E-state index contributed by atoms with van der Waals surface area (Å²) >= 11 is 11.9. The zero-order valence-electron chi connectivity index (χ0n) is 15.4. The number of carbonyl (C=O) groups is 1. The van der Waals surface area contributed by atoms with E-state index in [0.29, 0.717) is 34.7 Å². The van der Waals surface area contributed by atoms with Crippen molar-refractivity contribution in [1.29, 1.82) is 0 Å². The summed E-state index contributed by atoms with van der Waals surface area (Å²) in [6, 6.07) is 14.7. The molecule has 3 rings (SSSR count). The molecule has 0 saturated heterocycles. The van der Waals surface area contributed by atoms with Crippen LogP contribution in [-0.2, 0) is 11.2 Å². The quantitative estimate of drug-likeness (QED) is 0.440. The average Bonchev–Trinajstić information content (AvgIpc) is 3.23. The van der Waals surface area contributed by atoms with Gasteiger partial charge in [-0.2, -0.15) is 5.10 Å². The van der Waals surface area contributed by atoms with Crippen molar-refractivity contribution in [3.05, 3.63) is 75.8 Å². The number of allylic oxidation sites excluding steroid dienone is 1. The highest BCUT2D eigenvalue weighted by Crippen LogP contribution is 2.13. The van der Waals surface area contributed by atoms with E-state index < -0.39 is 0 Å². The predicted octanol–water partition coefficient (Wildman–Crippen LogP) is 4.07. The number of carbonyl (C=O) groups excluding carboxylic acids is 1. The van der Waals surface area contributed by atoms with Crippen molar-refractivity contribution in [3.63, 3.8) is 0 Å². The van der Waals surface area contributed by atoms with Crippen molar-refractivity contribution < 1.29 is 4.79 Å². The molecule has 0 fully saturated rings. The summed E-state index contributed by atoms with van der Waals surface area (Å²) in [6.45, 7) is 1.47. The molecule has 1 aliphatic heterocycles. The van der Waals surface area contributed by atoms with Gasteiger partial charge in [0.05, 0.1) is 6.54 Å².